The van der Waals surface area contributed by atoms with Gasteiger partial charge in [-0.15, -0.1) is 0 Å². The van der Waals surface area contributed by atoms with Crippen molar-refractivity contribution >= 4 is 22.6 Å². The van der Waals surface area contributed by atoms with Crippen molar-refractivity contribution in [3.05, 3.63) is 67.1 Å². The number of hydrogen-bond acceptors (Lipinski definition) is 4. The topological polar surface area (TPSA) is 83.8 Å². The van der Waals surface area contributed by atoms with Crippen LogP contribution < -0.4 is 5.32 Å². The number of aromatic amines is 1. The van der Waals surface area contributed by atoms with Crippen molar-refractivity contribution in [3.63, 3.8) is 0 Å². The predicted octanol–water partition coefficient (Wildman–Crippen LogP) is 3.47. The second-order valence-corrected chi connectivity index (χ2v) is 5.03. The number of amides is 1. The number of furan rings is 1. The van der Waals surface area contributed by atoms with Gasteiger partial charge in [-0.2, -0.15) is 0 Å². The molecule has 4 aromatic heterocycles. The van der Waals surface area contributed by atoms with Gasteiger partial charge in [0.25, 0.3) is 5.91 Å². The average Bonchev–Trinajstić information content (AvgIpc) is 3.24. The number of anilines is 1. The number of pyridine rings is 2. The molecule has 112 valence electrons. The Labute approximate surface area is 131 Å². The van der Waals surface area contributed by atoms with Gasteiger partial charge < -0.3 is 14.7 Å². The molecule has 4 heterocycles. The molecule has 0 unspecified atom stereocenters. The quantitative estimate of drug-likeness (QED) is 0.607. The number of carbonyl (C=O) groups excluding carboxylic acids is 1. The van der Waals surface area contributed by atoms with E-state index in [-0.39, 0.29) is 5.91 Å². The number of rotatable bonds is 3. The maximum atomic E-state index is 12.4. The lowest BCUT2D eigenvalue weighted by Crippen LogP contribution is -2.12. The summed E-state index contributed by atoms with van der Waals surface area (Å²) in [7, 11) is 0. The van der Waals surface area contributed by atoms with Crippen molar-refractivity contribution in [1.29, 1.82) is 0 Å². The Balaban J connectivity index is 1.71. The molecule has 0 atom stereocenters. The number of carbonyl (C=O) groups is 1. The first-order valence-corrected chi connectivity index (χ1v) is 7.02. The van der Waals surface area contributed by atoms with Crippen molar-refractivity contribution < 1.29 is 9.21 Å². The fourth-order valence-electron chi connectivity index (χ4n) is 2.42. The van der Waals surface area contributed by atoms with Crippen molar-refractivity contribution in [2.24, 2.45) is 0 Å². The average molecular weight is 304 g/mol. The normalized spacial score (nSPS) is 10.8. The second kappa shape index (κ2) is 5.42. The molecule has 4 aromatic rings. The number of nitrogens with one attached hydrogen (secondary N) is 2. The third-order valence-corrected chi connectivity index (χ3v) is 3.54. The molecule has 0 saturated carbocycles. The van der Waals surface area contributed by atoms with Gasteiger partial charge in [-0.05, 0) is 24.3 Å². The van der Waals surface area contributed by atoms with Gasteiger partial charge in [-0.25, -0.2) is 4.98 Å². The molecule has 0 aliphatic heterocycles. The summed E-state index contributed by atoms with van der Waals surface area (Å²) in [4.78, 5) is 23.8. The molecule has 0 fully saturated rings. The minimum atomic E-state index is -0.230. The minimum absolute atomic E-state index is 0.230. The van der Waals surface area contributed by atoms with Gasteiger partial charge in [-0.1, -0.05) is 0 Å². The molecule has 0 radical (unpaired) electrons. The van der Waals surface area contributed by atoms with Crippen LogP contribution in [0, 0.1) is 0 Å². The molecule has 0 aliphatic carbocycles. The fourth-order valence-corrected chi connectivity index (χ4v) is 2.42. The van der Waals surface area contributed by atoms with Crippen LogP contribution in [0.2, 0.25) is 0 Å². The molecule has 0 spiro atoms. The van der Waals surface area contributed by atoms with Gasteiger partial charge >= 0.3 is 0 Å². The maximum absolute atomic E-state index is 12.4. The summed E-state index contributed by atoms with van der Waals surface area (Å²) in [6.45, 7) is 0. The van der Waals surface area contributed by atoms with E-state index in [1.165, 1.54) is 0 Å². The summed E-state index contributed by atoms with van der Waals surface area (Å²) in [5, 5.41) is 3.67. The van der Waals surface area contributed by atoms with Crippen LogP contribution >= 0.6 is 0 Å². The number of fused-ring (bicyclic) bond motifs is 1. The molecule has 1 amide bonds. The van der Waals surface area contributed by atoms with E-state index in [4.69, 9.17) is 4.42 Å². The summed E-state index contributed by atoms with van der Waals surface area (Å²) < 4.78 is 5.12. The third kappa shape index (κ3) is 2.46. The lowest BCUT2D eigenvalue weighted by molar-refractivity contribution is 0.102. The Morgan fingerprint density at radius 1 is 1.26 bits per heavy atom. The maximum Gasteiger partial charge on any atom is 0.257 e. The molecule has 2 N–H and O–H groups in total. The highest BCUT2D eigenvalue weighted by Crippen LogP contribution is 2.28. The van der Waals surface area contributed by atoms with Gasteiger partial charge in [0.2, 0.25) is 0 Å². The van der Waals surface area contributed by atoms with E-state index in [1.54, 1.807) is 43.2 Å². The van der Waals surface area contributed by atoms with E-state index in [9.17, 15) is 4.79 Å². The molecule has 6 nitrogen and oxygen atoms in total. The van der Waals surface area contributed by atoms with Crippen LogP contribution in [0.15, 0.2) is 66.0 Å². The molecule has 0 bridgehead atoms. The van der Waals surface area contributed by atoms with Gasteiger partial charge in [0, 0.05) is 35.1 Å². The predicted molar refractivity (Wildman–Crippen MR) is 86.0 cm³/mol. The summed E-state index contributed by atoms with van der Waals surface area (Å²) in [5.74, 6) is -0.230. The molecular weight excluding hydrogens is 292 g/mol. The summed E-state index contributed by atoms with van der Waals surface area (Å²) >= 11 is 0. The highest BCUT2D eigenvalue weighted by Gasteiger charge is 2.12. The number of nitrogens with zero attached hydrogens (tertiary/aromatic N) is 2. The van der Waals surface area contributed by atoms with Crippen LogP contribution in [-0.4, -0.2) is 20.9 Å². The third-order valence-electron chi connectivity index (χ3n) is 3.54. The van der Waals surface area contributed by atoms with Crippen molar-refractivity contribution in [3.8, 4) is 11.1 Å². The van der Waals surface area contributed by atoms with Gasteiger partial charge in [0.05, 0.1) is 30.0 Å². The van der Waals surface area contributed by atoms with Crippen LogP contribution in [0.4, 0.5) is 5.69 Å². The van der Waals surface area contributed by atoms with Crippen LogP contribution in [0.3, 0.4) is 0 Å². The zero-order valence-electron chi connectivity index (χ0n) is 12.0. The molecule has 0 aromatic carbocycles. The molecular formula is C17H12N4O2. The van der Waals surface area contributed by atoms with E-state index >= 15 is 0 Å². The number of H-pyrrole nitrogens is 1. The van der Waals surface area contributed by atoms with Crippen LogP contribution in [0.25, 0.3) is 22.2 Å². The Morgan fingerprint density at radius 2 is 2.22 bits per heavy atom. The molecule has 6 heteroatoms. The summed E-state index contributed by atoms with van der Waals surface area (Å²) in [5.41, 5.74) is 3.71. The summed E-state index contributed by atoms with van der Waals surface area (Å²) in [6, 6.07) is 7.22. The second-order valence-electron chi connectivity index (χ2n) is 5.03. The zero-order valence-corrected chi connectivity index (χ0v) is 12.0. The lowest BCUT2D eigenvalue weighted by Gasteiger charge is -2.04. The number of hydrogen-bond donors (Lipinski definition) is 2. The van der Waals surface area contributed by atoms with Crippen LogP contribution in [0.5, 0.6) is 0 Å². The number of aromatic nitrogens is 3. The SMILES string of the molecule is O=C(Nc1cccnc1)c1cnc2[nH]cc(-c3ccoc3)c2c1. The standard InChI is InChI=1S/C17H12N4O2/c22-17(21-13-2-1-4-18-8-13)12-6-14-15(11-3-5-23-10-11)9-20-16(14)19-7-12/h1-10H,(H,19,20)(H,21,22). The highest BCUT2D eigenvalue weighted by atomic mass is 16.3. The van der Waals surface area contributed by atoms with Gasteiger partial charge in [-0.3, -0.25) is 9.78 Å². The fraction of sp³-hybridized carbons (Fsp3) is 0. The monoisotopic (exact) mass is 304 g/mol. The first-order valence-electron chi connectivity index (χ1n) is 7.02. The molecule has 0 aliphatic rings. The molecule has 23 heavy (non-hydrogen) atoms. The Kier molecular flexibility index (Phi) is 3.12. The molecule has 0 saturated heterocycles. The van der Waals surface area contributed by atoms with Crippen molar-refractivity contribution in [2.75, 3.05) is 5.32 Å². The van der Waals surface area contributed by atoms with E-state index in [1.807, 2.05) is 18.3 Å². The molecule has 4 rings (SSSR count). The van der Waals surface area contributed by atoms with Crippen molar-refractivity contribution in [2.45, 2.75) is 0 Å². The Hall–Kier alpha value is -3.41. The van der Waals surface area contributed by atoms with Gasteiger partial charge in [0.1, 0.15) is 5.65 Å². The highest BCUT2D eigenvalue weighted by molar-refractivity contribution is 6.07. The van der Waals surface area contributed by atoms with Crippen LogP contribution in [0.1, 0.15) is 10.4 Å². The first-order chi connectivity index (χ1) is 11.3. The Morgan fingerprint density at radius 3 is 3.00 bits per heavy atom. The van der Waals surface area contributed by atoms with E-state index in [0.717, 1.165) is 22.2 Å². The van der Waals surface area contributed by atoms with E-state index in [2.05, 4.69) is 20.3 Å². The van der Waals surface area contributed by atoms with Crippen molar-refractivity contribution in [1.82, 2.24) is 15.0 Å². The van der Waals surface area contributed by atoms with E-state index in [0.29, 0.717) is 11.3 Å². The first kappa shape index (κ1) is 13.3. The minimum Gasteiger partial charge on any atom is -0.472 e. The van der Waals surface area contributed by atoms with Gasteiger partial charge in [0.15, 0.2) is 0 Å². The van der Waals surface area contributed by atoms with Crippen LogP contribution in [-0.2, 0) is 0 Å². The largest absolute Gasteiger partial charge is 0.472 e. The smallest absolute Gasteiger partial charge is 0.257 e. The lowest BCUT2D eigenvalue weighted by atomic mass is 10.1. The summed E-state index contributed by atoms with van der Waals surface area (Å²) in [6.07, 6.45) is 9.91. The zero-order chi connectivity index (χ0) is 15.6. The van der Waals surface area contributed by atoms with E-state index < -0.39 is 0 Å². The Bertz CT molecular complexity index is 959.